The van der Waals surface area contributed by atoms with Crippen LogP contribution in [0, 0.1) is 0 Å². The van der Waals surface area contributed by atoms with Gasteiger partial charge in [0, 0.05) is 56.3 Å². The van der Waals surface area contributed by atoms with Crippen LogP contribution in [0.2, 0.25) is 5.02 Å². The van der Waals surface area contributed by atoms with E-state index in [1.54, 1.807) is 13.4 Å². The Morgan fingerprint density at radius 1 is 1.23 bits per heavy atom. The molecule has 0 amide bonds. The first-order valence-corrected chi connectivity index (χ1v) is 12.7. The van der Waals surface area contributed by atoms with Gasteiger partial charge in [-0.3, -0.25) is 9.80 Å². The average Bonchev–Trinajstić information content (AvgIpc) is 3.17. The van der Waals surface area contributed by atoms with Crippen LogP contribution in [-0.4, -0.2) is 90.8 Å². The first kappa shape index (κ1) is 26.0. The number of aliphatic hydroxyl groups excluding tert-OH is 1. The summed E-state index contributed by atoms with van der Waals surface area (Å²) >= 11 is 6.06. The Morgan fingerprint density at radius 3 is 2.60 bits per heavy atom. The second-order valence-electron chi connectivity index (χ2n) is 9.66. The third-order valence-corrected chi connectivity index (χ3v) is 7.65. The highest BCUT2D eigenvalue weighted by atomic mass is 35.5. The Balaban J connectivity index is 1.49. The van der Waals surface area contributed by atoms with Crippen molar-refractivity contribution >= 4 is 23.7 Å². The number of aromatic nitrogens is 2. The Hall–Kier alpha value is -2.10. The largest absolute Gasteiger partial charge is 0.387 e. The number of fused-ring (bicyclic) bond motifs is 1. The molecule has 0 bridgehead atoms. The van der Waals surface area contributed by atoms with Gasteiger partial charge in [-0.05, 0) is 43.5 Å². The molecule has 2 unspecified atom stereocenters. The van der Waals surface area contributed by atoms with Crippen molar-refractivity contribution < 1.29 is 14.6 Å². The van der Waals surface area contributed by atoms with Gasteiger partial charge in [0.1, 0.15) is 18.4 Å². The van der Waals surface area contributed by atoms with E-state index in [-0.39, 0.29) is 18.0 Å². The second-order valence-corrected chi connectivity index (χ2v) is 10.1. The van der Waals surface area contributed by atoms with Gasteiger partial charge in [0.15, 0.2) is 0 Å². The van der Waals surface area contributed by atoms with Gasteiger partial charge in [0.05, 0.1) is 24.6 Å². The lowest BCUT2D eigenvalue weighted by Crippen LogP contribution is -2.56. The number of piperazine rings is 1. The third kappa shape index (κ3) is 5.84. The average molecular weight is 502 g/mol. The zero-order valence-corrected chi connectivity index (χ0v) is 21.6. The van der Waals surface area contributed by atoms with Crippen LogP contribution in [0.3, 0.4) is 0 Å². The third-order valence-electron chi connectivity index (χ3n) is 7.40. The molecule has 35 heavy (non-hydrogen) atoms. The molecule has 0 saturated carbocycles. The van der Waals surface area contributed by atoms with Crippen molar-refractivity contribution in [1.82, 2.24) is 19.8 Å². The number of aliphatic hydroxyl groups is 1. The van der Waals surface area contributed by atoms with Crippen LogP contribution < -0.4 is 4.90 Å². The van der Waals surface area contributed by atoms with Gasteiger partial charge in [0.2, 0.25) is 0 Å². The molecule has 1 N–H and O–H groups in total. The van der Waals surface area contributed by atoms with Gasteiger partial charge >= 0.3 is 0 Å². The van der Waals surface area contributed by atoms with Crippen molar-refractivity contribution in [3.05, 3.63) is 52.4 Å². The highest BCUT2D eigenvalue weighted by molar-refractivity contribution is 6.30. The minimum Gasteiger partial charge on any atom is -0.387 e. The van der Waals surface area contributed by atoms with Crippen LogP contribution in [0.15, 0.2) is 30.6 Å². The van der Waals surface area contributed by atoms with Crippen molar-refractivity contribution in [2.45, 2.75) is 43.9 Å². The van der Waals surface area contributed by atoms with Crippen LogP contribution in [-0.2, 0) is 9.53 Å². The fourth-order valence-electron chi connectivity index (χ4n) is 5.39. The van der Waals surface area contributed by atoms with Gasteiger partial charge in [0.25, 0.3) is 0 Å². The summed E-state index contributed by atoms with van der Waals surface area (Å²) in [5.41, 5.74) is 2.85. The zero-order valence-electron chi connectivity index (χ0n) is 20.8. The molecule has 1 aliphatic carbocycles. The van der Waals surface area contributed by atoms with Gasteiger partial charge < -0.3 is 19.5 Å². The van der Waals surface area contributed by atoms with E-state index in [1.165, 1.54) is 0 Å². The standard InChI is InChI=1S/C26H36ClN5O3/c1-18-14-22(34)25-24(18)26(29-17-28-25)32-10-8-31(9-11-32)23(30(2)12-13-35-3)15-20(16-33)19-4-6-21(27)7-5-19/h4-7,16-18,20,22-23,34H,8-15H2,1-3H3/t18-,20?,22-,23?/m1/s1. The molecule has 2 aliphatic rings. The SMILES string of the molecule is COCCN(C)C(CC(C=O)c1ccc(Cl)cc1)N1CCN(c2ncnc3c2[C@H](C)C[C@H]3O)CC1. The maximum absolute atomic E-state index is 12.1. The summed E-state index contributed by atoms with van der Waals surface area (Å²) in [6, 6.07) is 7.56. The smallest absolute Gasteiger partial charge is 0.135 e. The molecule has 1 aromatic carbocycles. The number of hydrogen-bond donors (Lipinski definition) is 1. The molecule has 2 heterocycles. The lowest BCUT2D eigenvalue weighted by molar-refractivity contribution is -0.110. The number of anilines is 1. The molecule has 190 valence electrons. The Bertz CT molecular complexity index is 983. The lowest BCUT2D eigenvalue weighted by atomic mass is 9.94. The van der Waals surface area contributed by atoms with Crippen molar-refractivity contribution in [2.24, 2.45) is 0 Å². The number of rotatable bonds is 10. The molecule has 1 aliphatic heterocycles. The lowest BCUT2D eigenvalue weighted by Gasteiger charge is -2.44. The minimum absolute atomic E-state index is 0.0926. The van der Waals surface area contributed by atoms with Crippen LogP contribution in [0.4, 0.5) is 5.82 Å². The van der Waals surface area contributed by atoms with Gasteiger partial charge in [-0.25, -0.2) is 9.97 Å². The highest BCUT2D eigenvalue weighted by Gasteiger charge is 2.35. The maximum atomic E-state index is 12.1. The molecule has 1 saturated heterocycles. The Labute approximate surface area is 212 Å². The topological polar surface area (TPSA) is 82.0 Å². The summed E-state index contributed by atoms with van der Waals surface area (Å²) in [6.07, 6.45) is 3.60. The predicted molar refractivity (Wildman–Crippen MR) is 137 cm³/mol. The van der Waals surface area contributed by atoms with E-state index < -0.39 is 6.10 Å². The summed E-state index contributed by atoms with van der Waals surface area (Å²) < 4.78 is 5.33. The first-order valence-electron chi connectivity index (χ1n) is 12.3. The predicted octanol–water partition coefficient (Wildman–Crippen LogP) is 3.07. The van der Waals surface area contributed by atoms with E-state index in [4.69, 9.17) is 16.3 Å². The maximum Gasteiger partial charge on any atom is 0.135 e. The van der Waals surface area contributed by atoms with Crippen LogP contribution in [0.5, 0.6) is 0 Å². The van der Waals surface area contributed by atoms with E-state index in [9.17, 15) is 9.90 Å². The van der Waals surface area contributed by atoms with E-state index >= 15 is 0 Å². The number of aldehydes is 1. The number of hydrogen-bond acceptors (Lipinski definition) is 8. The van der Waals surface area contributed by atoms with E-state index in [0.29, 0.717) is 24.5 Å². The quantitative estimate of drug-likeness (QED) is 0.497. The van der Waals surface area contributed by atoms with Crippen molar-refractivity contribution in [3.63, 3.8) is 0 Å². The molecule has 8 nitrogen and oxygen atoms in total. The number of carbonyl (C=O) groups is 1. The summed E-state index contributed by atoms with van der Waals surface area (Å²) in [5.74, 6) is 0.984. The Kier molecular flexibility index (Phi) is 8.73. The number of benzene rings is 1. The number of nitrogens with zero attached hydrogens (tertiary/aromatic N) is 5. The molecule has 1 fully saturated rings. The number of methoxy groups -OCH3 is 1. The first-order chi connectivity index (χ1) is 16.9. The fraction of sp³-hybridized carbons (Fsp3) is 0.577. The van der Waals surface area contributed by atoms with Crippen molar-refractivity contribution in [1.29, 1.82) is 0 Å². The van der Waals surface area contributed by atoms with Gasteiger partial charge in [-0.2, -0.15) is 0 Å². The van der Waals surface area contributed by atoms with E-state index in [2.05, 4.69) is 38.6 Å². The number of carbonyl (C=O) groups excluding carboxylic acids is 1. The van der Waals surface area contributed by atoms with Gasteiger partial charge in [-0.15, -0.1) is 0 Å². The molecule has 0 radical (unpaired) electrons. The molecule has 1 aromatic heterocycles. The number of likely N-dealkylation sites (N-methyl/N-ethyl adjacent to an activating group) is 1. The van der Waals surface area contributed by atoms with Crippen LogP contribution in [0.25, 0.3) is 0 Å². The molecular weight excluding hydrogens is 466 g/mol. The van der Waals surface area contributed by atoms with Crippen LogP contribution >= 0.6 is 11.6 Å². The number of halogens is 1. The molecule has 4 rings (SSSR count). The number of ether oxygens (including phenoxy) is 1. The molecular formula is C26H36ClN5O3. The zero-order chi connectivity index (χ0) is 24.9. The van der Waals surface area contributed by atoms with E-state index in [1.807, 2.05) is 24.3 Å². The molecule has 2 aromatic rings. The summed E-state index contributed by atoms with van der Waals surface area (Å²) in [7, 11) is 3.81. The molecule has 4 atom stereocenters. The van der Waals surface area contributed by atoms with E-state index in [0.717, 1.165) is 61.6 Å². The summed E-state index contributed by atoms with van der Waals surface area (Å²) in [5, 5.41) is 11.0. The highest BCUT2D eigenvalue weighted by Crippen LogP contribution is 2.42. The van der Waals surface area contributed by atoms with Gasteiger partial charge in [-0.1, -0.05) is 30.7 Å². The normalized spacial score (nSPS) is 22.3. The Morgan fingerprint density at radius 2 is 1.94 bits per heavy atom. The van der Waals surface area contributed by atoms with Crippen LogP contribution in [0.1, 0.15) is 54.5 Å². The fourth-order valence-corrected chi connectivity index (χ4v) is 5.51. The molecule has 9 heteroatoms. The second kappa shape index (κ2) is 11.8. The monoisotopic (exact) mass is 501 g/mol. The molecule has 0 spiro atoms. The summed E-state index contributed by atoms with van der Waals surface area (Å²) in [4.78, 5) is 28.1. The summed E-state index contributed by atoms with van der Waals surface area (Å²) in [6.45, 7) is 6.90. The minimum atomic E-state index is -0.505. The van der Waals surface area contributed by atoms with Crippen molar-refractivity contribution in [3.8, 4) is 0 Å². The van der Waals surface area contributed by atoms with Crippen molar-refractivity contribution in [2.75, 3.05) is 58.4 Å².